The maximum absolute atomic E-state index is 12.6. The molecule has 0 saturated carbocycles. The number of hydrogen-bond acceptors (Lipinski definition) is 3. The topological polar surface area (TPSA) is 70.7 Å². The third-order valence-corrected chi connectivity index (χ3v) is 4.73. The van der Waals surface area contributed by atoms with Crippen molar-refractivity contribution in [3.8, 4) is 11.8 Å². The highest BCUT2D eigenvalue weighted by molar-refractivity contribution is 6.36. The van der Waals surface area contributed by atoms with Crippen LogP contribution in [0, 0.1) is 25.2 Å². The van der Waals surface area contributed by atoms with E-state index in [-0.39, 0.29) is 5.57 Å². The van der Waals surface area contributed by atoms with E-state index < -0.39 is 5.91 Å². The first-order chi connectivity index (χ1) is 13.4. The van der Waals surface area contributed by atoms with Crippen molar-refractivity contribution in [1.82, 2.24) is 9.78 Å². The van der Waals surface area contributed by atoms with E-state index in [2.05, 4.69) is 10.4 Å². The Labute approximate surface area is 172 Å². The number of nitrogens with one attached hydrogen (secondary N) is 1. The first kappa shape index (κ1) is 19.7. The molecule has 1 aromatic heterocycles. The molecule has 0 aliphatic heterocycles. The smallest absolute Gasteiger partial charge is 0.266 e. The van der Waals surface area contributed by atoms with Gasteiger partial charge in [0.15, 0.2) is 0 Å². The summed E-state index contributed by atoms with van der Waals surface area (Å²) in [6.07, 6.45) is 1.54. The lowest BCUT2D eigenvalue weighted by atomic mass is 10.1. The number of benzene rings is 2. The van der Waals surface area contributed by atoms with E-state index in [4.69, 9.17) is 23.2 Å². The minimum atomic E-state index is -0.557. The summed E-state index contributed by atoms with van der Waals surface area (Å²) >= 11 is 12.0. The van der Waals surface area contributed by atoms with Gasteiger partial charge in [-0.1, -0.05) is 41.4 Å². The highest BCUT2D eigenvalue weighted by atomic mass is 35.5. The Hall–Kier alpha value is -3.07. The van der Waals surface area contributed by atoms with Gasteiger partial charge in [0, 0.05) is 16.3 Å². The van der Waals surface area contributed by atoms with Gasteiger partial charge in [-0.15, -0.1) is 0 Å². The maximum Gasteiger partial charge on any atom is 0.266 e. The number of nitriles is 1. The van der Waals surface area contributed by atoms with Crippen molar-refractivity contribution in [3.05, 3.63) is 81.1 Å². The second-order valence-electron chi connectivity index (χ2n) is 6.08. The van der Waals surface area contributed by atoms with Crippen LogP contribution in [0.5, 0.6) is 0 Å². The van der Waals surface area contributed by atoms with Crippen LogP contribution in [-0.2, 0) is 4.79 Å². The Morgan fingerprint density at radius 1 is 1.18 bits per heavy atom. The van der Waals surface area contributed by atoms with Gasteiger partial charge in [0.2, 0.25) is 0 Å². The number of aromatic nitrogens is 2. The van der Waals surface area contributed by atoms with Gasteiger partial charge < -0.3 is 5.32 Å². The third kappa shape index (κ3) is 4.09. The lowest BCUT2D eigenvalue weighted by Crippen LogP contribution is -2.13. The number of amides is 1. The van der Waals surface area contributed by atoms with Crippen LogP contribution in [0.15, 0.2) is 54.1 Å². The van der Waals surface area contributed by atoms with E-state index in [1.54, 1.807) is 16.8 Å². The molecule has 3 rings (SSSR count). The molecule has 1 heterocycles. The Morgan fingerprint density at radius 2 is 1.89 bits per heavy atom. The molecule has 0 saturated heterocycles. The van der Waals surface area contributed by atoms with Crippen LogP contribution in [0.1, 0.15) is 17.0 Å². The van der Waals surface area contributed by atoms with E-state index >= 15 is 0 Å². The molecule has 0 spiro atoms. The number of carbonyl (C=O) groups is 1. The van der Waals surface area contributed by atoms with E-state index in [1.165, 1.54) is 12.1 Å². The Balaban J connectivity index is 1.94. The van der Waals surface area contributed by atoms with Crippen molar-refractivity contribution in [2.75, 3.05) is 5.32 Å². The number of hydrogen-bond donors (Lipinski definition) is 1. The number of nitrogens with zero attached hydrogens (tertiary/aromatic N) is 3. The number of para-hydroxylation sites is 1. The predicted octanol–water partition coefficient (Wildman–Crippen LogP) is 5.34. The molecule has 0 bridgehead atoms. The van der Waals surface area contributed by atoms with Crippen LogP contribution in [0.25, 0.3) is 11.8 Å². The zero-order valence-electron chi connectivity index (χ0n) is 15.2. The van der Waals surface area contributed by atoms with Crippen molar-refractivity contribution in [2.24, 2.45) is 0 Å². The number of halogens is 2. The monoisotopic (exact) mass is 410 g/mol. The normalized spacial score (nSPS) is 11.2. The van der Waals surface area contributed by atoms with Crippen molar-refractivity contribution in [1.29, 1.82) is 5.26 Å². The maximum atomic E-state index is 12.6. The molecular weight excluding hydrogens is 395 g/mol. The molecule has 1 N–H and O–H groups in total. The van der Waals surface area contributed by atoms with Crippen LogP contribution < -0.4 is 5.32 Å². The van der Waals surface area contributed by atoms with Crippen molar-refractivity contribution in [3.63, 3.8) is 0 Å². The molecule has 0 aliphatic rings. The first-order valence-corrected chi connectivity index (χ1v) is 9.16. The summed E-state index contributed by atoms with van der Waals surface area (Å²) in [7, 11) is 0. The van der Waals surface area contributed by atoms with E-state index in [1.807, 2.05) is 50.2 Å². The summed E-state index contributed by atoms with van der Waals surface area (Å²) in [6.45, 7) is 3.73. The zero-order chi connectivity index (χ0) is 20.3. The fourth-order valence-electron chi connectivity index (χ4n) is 2.76. The highest BCUT2D eigenvalue weighted by Gasteiger charge is 2.16. The highest BCUT2D eigenvalue weighted by Crippen LogP contribution is 2.26. The van der Waals surface area contributed by atoms with Crippen molar-refractivity contribution in [2.45, 2.75) is 13.8 Å². The predicted molar refractivity (Wildman–Crippen MR) is 112 cm³/mol. The third-order valence-electron chi connectivity index (χ3n) is 4.18. The Bertz CT molecular complexity index is 1110. The molecule has 3 aromatic rings. The van der Waals surface area contributed by atoms with Gasteiger partial charge in [0.1, 0.15) is 11.6 Å². The van der Waals surface area contributed by atoms with Crippen LogP contribution >= 0.6 is 23.2 Å². The van der Waals surface area contributed by atoms with Crippen LogP contribution in [0.3, 0.4) is 0 Å². The second-order valence-corrected chi connectivity index (χ2v) is 6.92. The molecule has 28 heavy (non-hydrogen) atoms. The van der Waals surface area contributed by atoms with Crippen LogP contribution in [0.2, 0.25) is 10.0 Å². The molecule has 0 radical (unpaired) electrons. The molecule has 7 heteroatoms. The standard InChI is InChI=1S/C21H16Cl2N4O/c1-13-18(14(2)27(26-13)17-6-4-3-5-7-17)10-15(12-24)21(28)25-20-9-8-16(22)11-19(20)23/h3-11H,1-2H3,(H,25,28)/b15-10+. The van der Waals surface area contributed by atoms with Gasteiger partial charge in [-0.3, -0.25) is 4.79 Å². The van der Waals surface area contributed by atoms with E-state index in [0.717, 1.165) is 16.9 Å². The van der Waals surface area contributed by atoms with E-state index in [9.17, 15) is 10.1 Å². The molecular formula is C21H16Cl2N4O. The fourth-order valence-corrected chi connectivity index (χ4v) is 3.21. The number of rotatable bonds is 4. The number of carbonyl (C=O) groups excluding carboxylic acids is 1. The first-order valence-electron chi connectivity index (χ1n) is 8.40. The summed E-state index contributed by atoms with van der Waals surface area (Å²) in [4.78, 5) is 12.6. The van der Waals surface area contributed by atoms with Gasteiger partial charge in [-0.2, -0.15) is 10.4 Å². The largest absolute Gasteiger partial charge is 0.320 e. The molecule has 2 aromatic carbocycles. The summed E-state index contributed by atoms with van der Waals surface area (Å²) in [5, 5.41) is 17.4. The number of anilines is 1. The molecule has 140 valence electrons. The van der Waals surface area contributed by atoms with Crippen molar-refractivity contribution < 1.29 is 4.79 Å². The number of aryl methyl sites for hydroxylation is 1. The molecule has 1 amide bonds. The van der Waals surface area contributed by atoms with Gasteiger partial charge in [0.05, 0.1) is 22.1 Å². The minimum absolute atomic E-state index is 0.0511. The van der Waals surface area contributed by atoms with Gasteiger partial charge >= 0.3 is 0 Å². The molecule has 0 aliphatic carbocycles. The summed E-state index contributed by atoms with van der Waals surface area (Å²) in [6, 6.07) is 16.3. The lowest BCUT2D eigenvalue weighted by molar-refractivity contribution is -0.112. The molecule has 0 unspecified atom stereocenters. The summed E-state index contributed by atoms with van der Waals surface area (Å²) in [5.41, 5.74) is 3.49. The molecule has 0 fully saturated rings. The SMILES string of the molecule is Cc1nn(-c2ccccc2)c(C)c1/C=C(\C#N)C(=O)Nc1ccc(Cl)cc1Cl. The average molecular weight is 411 g/mol. The molecule has 5 nitrogen and oxygen atoms in total. The lowest BCUT2D eigenvalue weighted by Gasteiger charge is -2.07. The average Bonchev–Trinajstić information content (AvgIpc) is 2.96. The van der Waals surface area contributed by atoms with Crippen molar-refractivity contribution >= 4 is 40.9 Å². The van der Waals surface area contributed by atoms with E-state index in [0.29, 0.717) is 21.4 Å². The fraction of sp³-hybridized carbons (Fsp3) is 0.0952. The van der Waals surface area contributed by atoms with Gasteiger partial charge in [-0.25, -0.2) is 4.68 Å². The minimum Gasteiger partial charge on any atom is -0.320 e. The molecule has 0 atom stereocenters. The Morgan fingerprint density at radius 3 is 2.54 bits per heavy atom. The zero-order valence-corrected chi connectivity index (χ0v) is 16.7. The quantitative estimate of drug-likeness (QED) is 0.465. The summed E-state index contributed by atoms with van der Waals surface area (Å²) < 4.78 is 1.78. The van der Waals surface area contributed by atoms with Crippen LogP contribution in [0.4, 0.5) is 5.69 Å². The van der Waals surface area contributed by atoms with Gasteiger partial charge in [-0.05, 0) is 50.3 Å². The summed E-state index contributed by atoms with van der Waals surface area (Å²) in [5.74, 6) is -0.557. The van der Waals surface area contributed by atoms with Gasteiger partial charge in [0.25, 0.3) is 5.91 Å². The van der Waals surface area contributed by atoms with Crippen LogP contribution in [-0.4, -0.2) is 15.7 Å². The Kier molecular flexibility index (Phi) is 5.84. The second kappa shape index (κ2) is 8.30.